The Morgan fingerprint density at radius 3 is 2.90 bits per heavy atom. The third kappa shape index (κ3) is 1.82. The van der Waals surface area contributed by atoms with Crippen LogP contribution in [0.2, 0.25) is 0 Å². The van der Waals surface area contributed by atoms with Gasteiger partial charge in [0.05, 0.1) is 20.0 Å². The Balaban J connectivity index is 2.03. The minimum Gasteiger partial charge on any atom is -0.479 e. The molecule has 2 aromatic rings. The van der Waals surface area contributed by atoms with E-state index in [-0.39, 0.29) is 5.88 Å². The van der Waals surface area contributed by atoms with Crippen LogP contribution in [0.3, 0.4) is 0 Å². The summed E-state index contributed by atoms with van der Waals surface area (Å²) >= 11 is 0. The number of methoxy groups -OCH3 is 1. The SMILES string of the molecule is COc1ncnc2c1ncn2[C@@H]1O[C@H](CO)[C@@H](O)[C@H]1F. The Hall–Kier alpha value is -1.84. The highest BCUT2D eigenvalue weighted by Crippen LogP contribution is 2.34. The first kappa shape index (κ1) is 13.2. The van der Waals surface area contributed by atoms with Crippen LogP contribution in [0.25, 0.3) is 11.2 Å². The number of fused-ring (bicyclic) bond motifs is 1. The molecule has 0 aliphatic carbocycles. The summed E-state index contributed by atoms with van der Waals surface area (Å²) in [5.74, 6) is 0.265. The van der Waals surface area contributed by atoms with Crippen molar-refractivity contribution in [3.05, 3.63) is 12.7 Å². The van der Waals surface area contributed by atoms with Crippen molar-refractivity contribution in [2.75, 3.05) is 13.7 Å². The van der Waals surface area contributed by atoms with Gasteiger partial charge >= 0.3 is 0 Å². The number of hydrogen-bond acceptors (Lipinski definition) is 7. The van der Waals surface area contributed by atoms with E-state index in [2.05, 4.69) is 15.0 Å². The molecule has 0 amide bonds. The lowest BCUT2D eigenvalue weighted by molar-refractivity contribution is -0.0459. The molecule has 0 unspecified atom stereocenters. The van der Waals surface area contributed by atoms with Crippen LogP contribution in [0.15, 0.2) is 12.7 Å². The second-order valence-corrected chi connectivity index (χ2v) is 4.39. The zero-order valence-electron chi connectivity index (χ0n) is 10.5. The molecule has 0 saturated carbocycles. The number of ether oxygens (including phenoxy) is 2. The molecule has 3 heterocycles. The van der Waals surface area contributed by atoms with E-state index >= 15 is 0 Å². The van der Waals surface area contributed by atoms with Gasteiger partial charge in [0.1, 0.15) is 18.5 Å². The molecule has 1 aliphatic heterocycles. The fourth-order valence-electron chi connectivity index (χ4n) is 2.24. The van der Waals surface area contributed by atoms with Gasteiger partial charge in [-0.3, -0.25) is 4.57 Å². The Labute approximate surface area is 112 Å². The van der Waals surface area contributed by atoms with Gasteiger partial charge in [0.15, 0.2) is 23.6 Å². The number of halogens is 1. The third-order valence-corrected chi connectivity index (χ3v) is 3.27. The zero-order valence-corrected chi connectivity index (χ0v) is 10.5. The van der Waals surface area contributed by atoms with E-state index < -0.39 is 31.2 Å². The molecule has 0 radical (unpaired) electrons. The lowest BCUT2D eigenvalue weighted by Gasteiger charge is -2.14. The van der Waals surface area contributed by atoms with Crippen LogP contribution in [0.5, 0.6) is 5.88 Å². The van der Waals surface area contributed by atoms with Gasteiger partial charge in [-0.2, -0.15) is 4.98 Å². The predicted octanol–water partition coefficient (Wildman–Crippen LogP) is -0.576. The number of nitrogens with zero attached hydrogens (tertiary/aromatic N) is 4. The summed E-state index contributed by atoms with van der Waals surface area (Å²) in [6.07, 6.45) is -2.56. The Kier molecular flexibility index (Phi) is 3.24. The van der Waals surface area contributed by atoms with Crippen molar-refractivity contribution in [3.8, 4) is 5.88 Å². The van der Waals surface area contributed by atoms with Crippen LogP contribution in [-0.4, -0.2) is 61.8 Å². The minimum atomic E-state index is -1.69. The molecule has 3 rings (SSSR count). The highest BCUT2D eigenvalue weighted by atomic mass is 19.1. The van der Waals surface area contributed by atoms with Gasteiger partial charge in [-0.15, -0.1) is 0 Å². The standard InChI is InChI=1S/C11H13FN4O4/c1-19-10-7-9(13-3-14-10)16(4-15-7)11-6(12)8(18)5(2-17)20-11/h3-6,8,11,17-18H,2H2,1H3/t5-,6-,8-,11-/m1/s1. The van der Waals surface area contributed by atoms with E-state index in [4.69, 9.17) is 14.6 Å². The molecule has 4 atom stereocenters. The van der Waals surface area contributed by atoms with Gasteiger partial charge in [-0.05, 0) is 0 Å². The van der Waals surface area contributed by atoms with Crippen molar-refractivity contribution in [1.29, 1.82) is 0 Å². The lowest BCUT2D eigenvalue weighted by Crippen LogP contribution is -2.30. The van der Waals surface area contributed by atoms with Crippen molar-refractivity contribution >= 4 is 11.2 Å². The molecule has 2 aromatic heterocycles. The second-order valence-electron chi connectivity index (χ2n) is 4.39. The maximum Gasteiger partial charge on any atom is 0.245 e. The van der Waals surface area contributed by atoms with Crippen LogP contribution < -0.4 is 4.74 Å². The fourth-order valence-corrected chi connectivity index (χ4v) is 2.24. The molecule has 0 bridgehead atoms. The smallest absolute Gasteiger partial charge is 0.245 e. The first-order valence-electron chi connectivity index (χ1n) is 5.97. The largest absolute Gasteiger partial charge is 0.479 e. The molecule has 1 saturated heterocycles. The van der Waals surface area contributed by atoms with Crippen LogP contribution in [0.1, 0.15) is 6.23 Å². The van der Waals surface area contributed by atoms with Crippen molar-refractivity contribution < 1.29 is 24.1 Å². The number of hydrogen-bond donors (Lipinski definition) is 2. The van der Waals surface area contributed by atoms with E-state index in [0.29, 0.717) is 11.2 Å². The number of aliphatic hydroxyl groups is 2. The summed E-state index contributed by atoms with van der Waals surface area (Å²) in [7, 11) is 1.44. The minimum absolute atomic E-state index is 0.265. The molecular weight excluding hydrogens is 271 g/mol. The summed E-state index contributed by atoms with van der Waals surface area (Å²) in [6.45, 7) is -0.469. The Morgan fingerprint density at radius 1 is 1.45 bits per heavy atom. The lowest BCUT2D eigenvalue weighted by atomic mass is 10.1. The van der Waals surface area contributed by atoms with Gasteiger partial charge in [-0.1, -0.05) is 0 Å². The monoisotopic (exact) mass is 284 g/mol. The van der Waals surface area contributed by atoms with E-state index in [1.807, 2.05) is 0 Å². The highest BCUT2D eigenvalue weighted by molar-refractivity contribution is 5.76. The number of aliphatic hydroxyl groups excluding tert-OH is 2. The van der Waals surface area contributed by atoms with Gasteiger partial charge in [0.25, 0.3) is 0 Å². The topological polar surface area (TPSA) is 103 Å². The predicted molar refractivity (Wildman–Crippen MR) is 63.8 cm³/mol. The Morgan fingerprint density at radius 2 is 2.25 bits per heavy atom. The first-order valence-corrected chi connectivity index (χ1v) is 5.97. The normalized spacial score (nSPS) is 30.0. The van der Waals surface area contributed by atoms with Crippen molar-refractivity contribution in [2.24, 2.45) is 0 Å². The number of alkyl halides is 1. The van der Waals surface area contributed by atoms with Gasteiger partial charge in [-0.25, -0.2) is 14.4 Å². The molecule has 1 aliphatic rings. The maximum absolute atomic E-state index is 14.1. The summed E-state index contributed by atoms with van der Waals surface area (Å²) in [5, 5.41) is 18.7. The summed E-state index contributed by atoms with van der Waals surface area (Å²) in [5.41, 5.74) is 0.697. The first-order chi connectivity index (χ1) is 9.67. The summed E-state index contributed by atoms with van der Waals surface area (Å²) < 4.78 is 25.8. The van der Waals surface area contributed by atoms with Crippen molar-refractivity contribution in [2.45, 2.75) is 24.6 Å². The number of aromatic nitrogens is 4. The highest BCUT2D eigenvalue weighted by Gasteiger charge is 2.45. The Bertz CT molecular complexity index is 621. The van der Waals surface area contributed by atoms with Gasteiger partial charge in [0, 0.05) is 0 Å². The van der Waals surface area contributed by atoms with E-state index in [1.165, 1.54) is 24.3 Å². The third-order valence-electron chi connectivity index (χ3n) is 3.27. The van der Waals surface area contributed by atoms with Gasteiger partial charge < -0.3 is 19.7 Å². The van der Waals surface area contributed by atoms with E-state index in [0.717, 1.165) is 0 Å². The van der Waals surface area contributed by atoms with Gasteiger partial charge in [0.2, 0.25) is 5.88 Å². The fraction of sp³-hybridized carbons (Fsp3) is 0.545. The van der Waals surface area contributed by atoms with Crippen LogP contribution in [0.4, 0.5) is 4.39 Å². The molecule has 1 fully saturated rings. The average molecular weight is 284 g/mol. The van der Waals surface area contributed by atoms with Crippen LogP contribution >= 0.6 is 0 Å². The van der Waals surface area contributed by atoms with E-state index in [1.54, 1.807) is 0 Å². The molecule has 0 aromatic carbocycles. The average Bonchev–Trinajstić information content (AvgIpc) is 3.01. The zero-order chi connectivity index (χ0) is 14.3. The quantitative estimate of drug-likeness (QED) is 0.777. The molecule has 8 nitrogen and oxygen atoms in total. The molecule has 20 heavy (non-hydrogen) atoms. The molecule has 9 heteroatoms. The second kappa shape index (κ2) is 4.93. The molecular formula is C11H13FN4O4. The molecule has 0 spiro atoms. The number of rotatable bonds is 3. The van der Waals surface area contributed by atoms with Crippen molar-refractivity contribution in [3.63, 3.8) is 0 Å². The summed E-state index contributed by atoms with van der Waals surface area (Å²) in [4.78, 5) is 12.0. The van der Waals surface area contributed by atoms with Crippen molar-refractivity contribution in [1.82, 2.24) is 19.5 Å². The molecule has 2 N–H and O–H groups in total. The maximum atomic E-state index is 14.1. The van der Waals surface area contributed by atoms with E-state index in [9.17, 15) is 9.50 Å². The van der Waals surface area contributed by atoms with Crippen LogP contribution in [-0.2, 0) is 4.74 Å². The number of imidazole rings is 1. The summed E-state index contributed by atoms with van der Waals surface area (Å²) in [6, 6.07) is 0. The van der Waals surface area contributed by atoms with Crippen LogP contribution in [0, 0.1) is 0 Å². The molecule has 108 valence electrons.